The van der Waals surface area contributed by atoms with Crippen molar-refractivity contribution in [1.82, 2.24) is 4.57 Å². The zero-order valence-electron chi connectivity index (χ0n) is 12.8. The van der Waals surface area contributed by atoms with Crippen LogP contribution >= 0.6 is 11.6 Å². The van der Waals surface area contributed by atoms with Gasteiger partial charge in [-0.3, -0.25) is 4.79 Å². The van der Waals surface area contributed by atoms with Gasteiger partial charge in [0, 0.05) is 34.6 Å². The Morgan fingerprint density at radius 2 is 1.96 bits per heavy atom. The topological polar surface area (TPSA) is 59.3 Å². The van der Waals surface area contributed by atoms with Crippen LogP contribution in [0.3, 0.4) is 0 Å². The lowest BCUT2D eigenvalue weighted by molar-refractivity contribution is 0.0697. The first kappa shape index (κ1) is 15.0. The molecule has 24 heavy (non-hydrogen) atoms. The van der Waals surface area contributed by atoms with Gasteiger partial charge in [-0.25, -0.2) is 4.79 Å². The Balaban J connectivity index is 1.96. The van der Waals surface area contributed by atoms with Crippen molar-refractivity contribution in [1.29, 1.82) is 0 Å². The van der Waals surface area contributed by atoms with Crippen LogP contribution in [0.1, 0.15) is 38.4 Å². The summed E-state index contributed by atoms with van der Waals surface area (Å²) < 4.78 is 2.03. The number of carbonyl (C=O) groups is 2. The maximum atomic E-state index is 12.3. The number of aromatic nitrogens is 1. The molecule has 0 bridgehead atoms. The first-order chi connectivity index (χ1) is 11.6. The van der Waals surface area contributed by atoms with Crippen LogP contribution in [0, 0.1) is 0 Å². The van der Waals surface area contributed by atoms with Gasteiger partial charge in [0.1, 0.15) is 0 Å². The lowest BCUT2D eigenvalue weighted by atomic mass is 10.1. The van der Waals surface area contributed by atoms with Crippen LogP contribution in [0.5, 0.6) is 0 Å². The molecule has 0 fully saturated rings. The van der Waals surface area contributed by atoms with Crippen molar-refractivity contribution >= 4 is 34.3 Å². The summed E-state index contributed by atoms with van der Waals surface area (Å²) in [4.78, 5) is 23.6. The van der Waals surface area contributed by atoms with E-state index in [1.54, 1.807) is 18.2 Å². The second-order valence-electron chi connectivity index (χ2n) is 5.96. The van der Waals surface area contributed by atoms with Crippen LogP contribution in [-0.2, 0) is 13.0 Å². The number of carbonyl (C=O) groups excluding carboxylic acids is 1. The fraction of sp³-hybridized carbons (Fsp3) is 0.158. The van der Waals surface area contributed by atoms with E-state index in [9.17, 15) is 14.7 Å². The molecule has 5 heteroatoms. The predicted molar refractivity (Wildman–Crippen MR) is 92.1 cm³/mol. The summed E-state index contributed by atoms with van der Waals surface area (Å²) in [6.45, 7) is 0.516. The van der Waals surface area contributed by atoms with E-state index in [1.807, 2.05) is 28.8 Å². The summed E-state index contributed by atoms with van der Waals surface area (Å²) in [5.74, 6) is -0.857. The molecule has 1 N–H and O–H groups in total. The largest absolute Gasteiger partial charge is 0.478 e. The minimum absolute atomic E-state index is 0.121. The van der Waals surface area contributed by atoms with E-state index in [1.165, 1.54) is 0 Å². The van der Waals surface area contributed by atoms with Gasteiger partial charge in [-0.1, -0.05) is 35.9 Å². The zero-order valence-corrected chi connectivity index (χ0v) is 13.5. The number of benzene rings is 2. The van der Waals surface area contributed by atoms with Crippen molar-refractivity contribution in [3.63, 3.8) is 0 Å². The normalized spacial score (nSPS) is 13.5. The summed E-state index contributed by atoms with van der Waals surface area (Å²) in [5.41, 5.74) is 3.63. The first-order valence-electron chi connectivity index (χ1n) is 7.71. The summed E-state index contributed by atoms with van der Waals surface area (Å²) >= 11 is 6.28. The summed E-state index contributed by atoms with van der Waals surface area (Å²) in [6, 6.07) is 12.5. The smallest absolute Gasteiger partial charge is 0.335 e. The van der Waals surface area contributed by atoms with Gasteiger partial charge in [-0.2, -0.15) is 0 Å². The number of carboxylic acid groups (broad SMARTS) is 1. The third-order valence-electron chi connectivity index (χ3n) is 4.57. The Hall–Kier alpha value is -2.59. The molecule has 0 aliphatic heterocycles. The van der Waals surface area contributed by atoms with Gasteiger partial charge in [-0.15, -0.1) is 0 Å². The Labute approximate surface area is 143 Å². The summed E-state index contributed by atoms with van der Waals surface area (Å²) in [5, 5.41) is 10.8. The van der Waals surface area contributed by atoms with Crippen LogP contribution < -0.4 is 0 Å². The zero-order chi connectivity index (χ0) is 16.8. The molecule has 1 aromatic heterocycles. The monoisotopic (exact) mass is 339 g/mol. The fourth-order valence-corrected chi connectivity index (χ4v) is 3.64. The molecule has 0 radical (unpaired) electrons. The van der Waals surface area contributed by atoms with Crippen molar-refractivity contribution in [2.24, 2.45) is 0 Å². The SMILES string of the molecule is O=C(O)c1ccc2c3c(n(Cc4ccccc4Cl)c2c1)CCC3=O. The van der Waals surface area contributed by atoms with E-state index in [2.05, 4.69) is 0 Å². The number of Topliss-reactive ketones (excluding diaryl/α,β-unsaturated/α-hetero) is 1. The average molecular weight is 340 g/mol. The molecule has 0 unspecified atom stereocenters. The standard InChI is InChI=1S/C19H14ClNO3/c20-14-4-2-1-3-12(14)10-21-15-7-8-17(22)18(15)13-6-5-11(19(23)24)9-16(13)21/h1-6,9H,7-8,10H2,(H,23,24). The lowest BCUT2D eigenvalue weighted by Crippen LogP contribution is -2.05. The minimum atomic E-state index is -0.978. The third-order valence-corrected chi connectivity index (χ3v) is 4.94. The van der Waals surface area contributed by atoms with Crippen molar-refractivity contribution in [3.8, 4) is 0 Å². The number of nitrogens with zero attached hydrogens (tertiary/aromatic N) is 1. The van der Waals surface area contributed by atoms with Crippen molar-refractivity contribution in [3.05, 3.63) is 69.9 Å². The van der Waals surface area contributed by atoms with Gasteiger partial charge in [0.15, 0.2) is 5.78 Å². The van der Waals surface area contributed by atoms with Crippen LogP contribution in [0.2, 0.25) is 5.02 Å². The van der Waals surface area contributed by atoms with Crippen LogP contribution in [0.25, 0.3) is 10.9 Å². The van der Waals surface area contributed by atoms with E-state index in [-0.39, 0.29) is 11.3 Å². The molecule has 0 saturated heterocycles. The van der Waals surface area contributed by atoms with Gasteiger partial charge in [0.25, 0.3) is 0 Å². The number of carboxylic acids is 1. The highest BCUT2D eigenvalue weighted by molar-refractivity contribution is 6.31. The first-order valence-corrected chi connectivity index (χ1v) is 8.09. The molecule has 1 aliphatic rings. The molecule has 2 aromatic carbocycles. The quantitative estimate of drug-likeness (QED) is 0.779. The van der Waals surface area contributed by atoms with Gasteiger partial charge >= 0.3 is 5.97 Å². The second kappa shape index (κ2) is 5.49. The molecular weight excluding hydrogens is 326 g/mol. The average Bonchev–Trinajstić information content (AvgIpc) is 3.08. The molecule has 1 aliphatic carbocycles. The molecule has 4 nitrogen and oxygen atoms in total. The minimum Gasteiger partial charge on any atom is -0.478 e. The molecule has 1 heterocycles. The Morgan fingerprint density at radius 1 is 1.17 bits per heavy atom. The molecule has 0 spiro atoms. The molecule has 0 atom stereocenters. The van der Waals surface area contributed by atoms with E-state index in [0.717, 1.165) is 27.7 Å². The number of ketones is 1. The van der Waals surface area contributed by atoms with E-state index >= 15 is 0 Å². The molecule has 3 aromatic rings. The Kier molecular flexibility index (Phi) is 3.43. The van der Waals surface area contributed by atoms with Crippen molar-refractivity contribution in [2.45, 2.75) is 19.4 Å². The Morgan fingerprint density at radius 3 is 2.71 bits per heavy atom. The van der Waals surface area contributed by atoms with Gasteiger partial charge in [0.05, 0.1) is 11.1 Å². The highest BCUT2D eigenvalue weighted by atomic mass is 35.5. The summed E-state index contributed by atoms with van der Waals surface area (Å²) in [6.07, 6.45) is 1.18. The number of halogens is 1. The number of fused-ring (bicyclic) bond motifs is 3. The second-order valence-corrected chi connectivity index (χ2v) is 6.37. The van der Waals surface area contributed by atoms with E-state index in [0.29, 0.717) is 24.4 Å². The molecular formula is C19H14ClNO3. The maximum Gasteiger partial charge on any atom is 0.335 e. The van der Waals surface area contributed by atoms with Gasteiger partial charge in [-0.05, 0) is 30.2 Å². The molecule has 0 saturated carbocycles. The third kappa shape index (κ3) is 2.22. The predicted octanol–water partition coefficient (Wildman–Crippen LogP) is 4.17. The Bertz CT molecular complexity index is 1000. The number of hydrogen-bond acceptors (Lipinski definition) is 2. The highest BCUT2D eigenvalue weighted by Crippen LogP contribution is 2.34. The van der Waals surface area contributed by atoms with Gasteiger partial charge in [0.2, 0.25) is 0 Å². The van der Waals surface area contributed by atoms with Gasteiger partial charge < -0.3 is 9.67 Å². The fourth-order valence-electron chi connectivity index (χ4n) is 3.44. The summed E-state index contributed by atoms with van der Waals surface area (Å²) in [7, 11) is 0. The van der Waals surface area contributed by atoms with Crippen LogP contribution in [0.15, 0.2) is 42.5 Å². The van der Waals surface area contributed by atoms with Crippen LogP contribution in [0.4, 0.5) is 0 Å². The maximum absolute atomic E-state index is 12.3. The number of hydrogen-bond donors (Lipinski definition) is 1. The number of aromatic carboxylic acids is 1. The van der Waals surface area contributed by atoms with E-state index < -0.39 is 5.97 Å². The molecule has 0 amide bonds. The number of rotatable bonds is 3. The van der Waals surface area contributed by atoms with Crippen molar-refractivity contribution in [2.75, 3.05) is 0 Å². The van der Waals surface area contributed by atoms with Crippen molar-refractivity contribution < 1.29 is 14.7 Å². The van der Waals surface area contributed by atoms with E-state index in [4.69, 9.17) is 11.6 Å². The lowest BCUT2D eigenvalue weighted by Gasteiger charge is -2.11. The molecule has 120 valence electrons. The highest BCUT2D eigenvalue weighted by Gasteiger charge is 2.28. The molecule has 4 rings (SSSR count). The van der Waals surface area contributed by atoms with Crippen LogP contribution in [-0.4, -0.2) is 21.4 Å².